The van der Waals surface area contributed by atoms with Crippen molar-refractivity contribution in [1.29, 1.82) is 0 Å². The van der Waals surface area contributed by atoms with E-state index in [0.717, 1.165) is 37.1 Å². The van der Waals surface area contributed by atoms with E-state index in [1.54, 1.807) is 0 Å². The fraction of sp³-hybridized carbons (Fsp3) is 0.375. The molecule has 0 N–H and O–H groups in total. The molecule has 0 radical (unpaired) electrons. The first-order chi connectivity index (χ1) is 12.3. The summed E-state index contributed by atoms with van der Waals surface area (Å²) in [5, 5.41) is 0. The number of hydrogen-bond donors (Lipinski definition) is 0. The van der Waals surface area contributed by atoms with Gasteiger partial charge in [-0.3, -0.25) is 4.79 Å². The highest BCUT2D eigenvalue weighted by Gasteiger charge is 2.15. The predicted molar refractivity (Wildman–Crippen MR) is 110 cm³/mol. The van der Waals surface area contributed by atoms with Gasteiger partial charge < -0.3 is 4.90 Å². The van der Waals surface area contributed by atoms with Crippen molar-refractivity contribution in [3.63, 3.8) is 0 Å². The van der Waals surface area contributed by atoms with Crippen LogP contribution in [0.25, 0.3) is 0 Å². The Morgan fingerprint density at radius 1 is 0.962 bits per heavy atom. The van der Waals surface area contributed by atoms with Crippen LogP contribution in [0.2, 0.25) is 0 Å². The maximum atomic E-state index is 12.9. The third-order valence-corrected chi connectivity index (χ3v) is 4.35. The van der Waals surface area contributed by atoms with Gasteiger partial charge in [-0.1, -0.05) is 87.5 Å². The second kappa shape index (κ2) is 9.49. The van der Waals surface area contributed by atoms with Gasteiger partial charge in [0, 0.05) is 18.7 Å². The fourth-order valence-electron chi connectivity index (χ4n) is 2.80. The van der Waals surface area contributed by atoms with Crippen molar-refractivity contribution in [2.45, 2.75) is 40.2 Å². The van der Waals surface area contributed by atoms with Gasteiger partial charge in [-0.2, -0.15) is 0 Å². The van der Waals surface area contributed by atoms with Gasteiger partial charge in [0.25, 0.3) is 0 Å². The zero-order valence-electron chi connectivity index (χ0n) is 16.5. The Morgan fingerprint density at radius 3 is 2.12 bits per heavy atom. The summed E-state index contributed by atoms with van der Waals surface area (Å²) in [6.07, 6.45) is 3.82. The highest BCUT2D eigenvalue weighted by Crippen LogP contribution is 2.22. The van der Waals surface area contributed by atoms with Crippen molar-refractivity contribution in [2.75, 3.05) is 13.6 Å². The first-order valence-corrected chi connectivity index (χ1v) is 9.36. The second-order valence-corrected chi connectivity index (χ2v) is 8.16. The molecule has 0 unspecified atom stereocenters. The zero-order valence-corrected chi connectivity index (χ0v) is 16.5. The van der Waals surface area contributed by atoms with Gasteiger partial charge in [-0.15, -0.1) is 0 Å². The van der Waals surface area contributed by atoms with Crippen LogP contribution < -0.4 is 0 Å². The van der Waals surface area contributed by atoms with Crippen LogP contribution in [0.1, 0.15) is 49.5 Å². The molecule has 0 spiro atoms. The molecule has 0 bridgehead atoms. The summed E-state index contributed by atoms with van der Waals surface area (Å²) in [7, 11) is 2.11. The van der Waals surface area contributed by atoms with Gasteiger partial charge in [0.05, 0.1) is 0 Å². The van der Waals surface area contributed by atoms with Crippen molar-refractivity contribution in [3.05, 3.63) is 83.4 Å². The summed E-state index contributed by atoms with van der Waals surface area (Å²) in [5.41, 5.74) is 3.17. The van der Waals surface area contributed by atoms with E-state index in [0.29, 0.717) is 0 Å². The highest BCUT2D eigenvalue weighted by molar-refractivity contribution is 6.08. The summed E-state index contributed by atoms with van der Waals surface area (Å²) in [6, 6.07) is 20.1. The minimum atomic E-state index is 0.156. The Kier molecular flexibility index (Phi) is 7.35. The number of Topliss-reactive ketones (excluding diaryl/α,β-unsaturated/α-hetero) is 1. The van der Waals surface area contributed by atoms with Gasteiger partial charge in [0.1, 0.15) is 0 Å². The SMILES string of the molecule is CN(CC/C(=C/CC(C)(C)C)C(=O)c1ccccc1)Cc1ccccc1. The van der Waals surface area contributed by atoms with Crippen LogP contribution in [0.15, 0.2) is 72.3 Å². The molecule has 0 saturated heterocycles. The first-order valence-electron chi connectivity index (χ1n) is 9.36. The van der Waals surface area contributed by atoms with Crippen LogP contribution in [-0.4, -0.2) is 24.3 Å². The second-order valence-electron chi connectivity index (χ2n) is 8.16. The van der Waals surface area contributed by atoms with Gasteiger partial charge in [0.2, 0.25) is 0 Å². The molecule has 0 aliphatic rings. The van der Waals surface area contributed by atoms with Gasteiger partial charge >= 0.3 is 0 Å². The third-order valence-electron chi connectivity index (χ3n) is 4.35. The van der Waals surface area contributed by atoms with Crippen LogP contribution >= 0.6 is 0 Å². The Morgan fingerprint density at radius 2 is 1.54 bits per heavy atom. The van der Waals surface area contributed by atoms with Gasteiger partial charge in [-0.25, -0.2) is 0 Å². The number of allylic oxidation sites excluding steroid dienone is 1. The molecule has 0 fully saturated rings. The summed E-state index contributed by atoms with van der Waals surface area (Å²) in [6.45, 7) is 8.37. The van der Waals surface area contributed by atoms with E-state index in [-0.39, 0.29) is 11.2 Å². The quantitative estimate of drug-likeness (QED) is 0.446. The van der Waals surface area contributed by atoms with E-state index >= 15 is 0 Å². The molecule has 0 aromatic heterocycles. The molecule has 0 amide bonds. The maximum Gasteiger partial charge on any atom is 0.188 e. The van der Waals surface area contributed by atoms with Crippen molar-refractivity contribution in [3.8, 4) is 0 Å². The topological polar surface area (TPSA) is 20.3 Å². The lowest BCUT2D eigenvalue weighted by atomic mass is 9.89. The van der Waals surface area contributed by atoms with Crippen LogP contribution in [0, 0.1) is 5.41 Å². The number of ketones is 1. The average Bonchev–Trinajstić information content (AvgIpc) is 2.62. The average molecular weight is 350 g/mol. The number of carbonyl (C=O) groups is 1. The standard InChI is InChI=1S/C24H31NO/c1-24(2,3)17-15-22(23(26)21-13-9-6-10-14-21)16-18-25(4)19-20-11-7-5-8-12-20/h5-15H,16-19H2,1-4H3/b22-15-. The molecule has 2 heteroatoms. The first kappa shape index (κ1) is 20.1. The van der Waals surface area contributed by atoms with E-state index in [9.17, 15) is 4.79 Å². The predicted octanol–water partition coefficient (Wildman–Crippen LogP) is 5.75. The lowest BCUT2D eigenvalue weighted by molar-refractivity contribution is 0.102. The minimum absolute atomic E-state index is 0.156. The Labute approximate surface area is 158 Å². The van der Waals surface area contributed by atoms with Gasteiger partial charge in [0.15, 0.2) is 5.78 Å². The Hall–Kier alpha value is -2.19. The van der Waals surface area contributed by atoms with E-state index in [4.69, 9.17) is 0 Å². The van der Waals surface area contributed by atoms with Crippen LogP contribution in [0.3, 0.4) is 0 Å². The van der Waals surface area contributed by atoms with E-state index in [1.165, 1.54) is 5.56 Å². The lowest BCUT2D eigenvalue weighted by Crippen LogP contribution is -2.21. The van der Waals surface area contributed by atoms with Crippen molar-refractivity contribution >= 4 is 5.78 Å². The third kappa shape index (κ3) is 6.97. The minimum Gasteiger partial charge on any atom is -0.302 e. The molecule has 0 aliphatic heterocycles. The van der Waals surface area contributed by atoms with Crippen molar-refractivity contribution in [1.82, 2.24) is 4.90 Å². The van der Waals surface area contributed by atoms with Crippen LogP contribution in [0.5, 0.6) is 0 Å². The summed E-state index contributed by atoms with van der Waals surface area (Å²) >= 11 is 0. The molecular weight excluding hydrogens is 318 g/mol. The van der Waals surface area contributed by atoms with Crippen LogP contribution in [-0.2, 0) is 6.54 Å². The molecule has 2 aromatic rings. The summed E-state index contributed by atoms with van der Waals surface area (Å²) in [5.74, 6) is 0.156. The number of carbonyl (C=O) groups excluding carboxylic acids is 1. The van der Waals surface area contributed by atoms with Crippen molar-refractivity contribution < 1.29 is 4.79 Å². The van der Waals surface area contributed by atoms with E-state index in [2.05, 4.69) is 63.1 Å². The van der Waals surface area contributed by atoms with E-state index in [1.807, 2.05) is 36.4 Å². The molecule has 138 valence electrons. The number of benzene rings is 2. The Balaban J connectivity index is 2.05. The molecule has 2 nitrogen and oxygen atoms in total. The molecule has 26 heavy (non-hydrogen) atoms. The maximum absolute atomic E-state index is 12.9. The lowest BCUT2D eigenvalue weighted by Gasteiger charge is -2.19. The number of hydrogen-bond acceptors (Lipinski definition) is 2. The molecular formula is C24H31NO. The molecule has 0 saturated carbocycles. The molecule has 2 aromatic carbocycles. The van der Waals surface area contributed by atoms with Crippen LogP contribution in [0.4, 0.5) is 0 Å². The Bertz CT molecular complexity index is 711. The summed E-state index contributed by atoms with van der Waals surface area (Å²) in [4.78, 5) is 15.2. The van der Waals surface area contributed by atoms with Gasteiger partial charge in [-0.05, 0) is 36.4 Å². The normalized spacial score (nSPS) is 12.4. The molecule has 2 rings (SSSR count). The molecule has 0 atom stereocenters. The number of nitrogens with zero attached hydrogens (tertiary/aromatic N) is 1. The largest absolute Gasteiger partial charge is 0.302 e. The highest BCUT2D eigenvalue weighted by atomic mass is 16.1. The zero-order chi connectivity index (χ0) is 19.0. The molecule has 0 aliphatic carbocycles. The van der Waals surface area contributed by atoms with Crippen molar-refractivity contribution in [2.24, 2.45) is 5.41 Å². The molecule has 0 heterocycles. The number of rotatable bonds is 8. The monoisotopic (exact) mass is 349 g/mol. The smallest absolute Gasteiger partial charge is 0.188 e. The fourth-order valence-corrected chi connectivity index (χ4v) is 2.80. The van der Waals surface area contributed by atoms with E-state index < -0.39 is 0 Å². The summed E-state index contributed by atoms with van der Waals surface area (Å²) < 4.78 is 0.